The van der Waals surface area contributed by atoms with Crippen LogP contribution < -0.4 is 14.2 Å². The van der Waals surface area contributed by atoms with Gasteiger partial charge in [-0.05, 0) is 24.3 Å². The van der Waals surface area contributed by atoms with Crippen molar-refractivity contribution in [3.05, 3.63) is 52.0 Å². The van der Waals surface area contributed by atoms with Crippen molar-refractivity contribution in [1.29, 1.82) is 0 Å². The number of halogens is 4. The third-order valence-electron chi connectivity index (χ3n) is 4.57. The Morgan fingerprint density at radius 3 is 2.62 bits per heavy atom. The summed E-state index contributed by atoms with van der Waals surface area (Å²) in [4.78, 5) is 23.7. The molecule has 0 radical (unpaired) electrons. The molecule has 2 aromatic carbocycles. The summed E-state index contributed by atoms with van der Waals surface area (Å²) in [6.45, 7) is -0.484. The van der Waals surface area contributed by atoms with Gasteiger partial charge in [-0.1, -0.05) is 17.7 Å². The molecule has 0 fully saturated rings. The second kappa shape index (κ2) is 9.66. The summed E-state index contributed by atoms with van der Waals surface area (Å²) in [6.07, 6.45) is -6.30. The SMILES string of the molecule is COCOc1ccc(Cl)c2c1C(=O)CC(c1ccc(C(F)(F)F)cc1OCCC(=O)O)O2. The molecule has 1 aliphatic heterocycles. The zero-order chi connectivity index (χ0) is 23.5. The number of rotatable bonds is 8. The molecule has 1 N–H and O–H groups in total. The predicted molar refractivity (Wildman–Crippen MR) is 105 cm³/mol. The summed E-state index contributed by atoms with van der Waals surface area (Å²) in [6, 6.07) is 5.67. The van der Waals surface area contributed by atoms with Crippen LogP contribution in [-0.2, 0) is 15.7 Å². The molecular weight excluding hydrogens is 457 g/mol. The van der Waals surface area contributed by atoms with Crippen LogP contribution in [0.3, 0.4) is 0 Å². The molecule has 11 heteroatoms. The molecule has 0 aliphatic carbocycles. The Kier molecular flexibility index (Phi) is 7.15. The van der Waals surface area contributed by atoms with Crippen molar-refractivity contribution in [2.75, 3.05) is 20.5 Å². The van der Waals surface area contributed by atoms with E-state index >= 15 is 0 Å². The maximum atomic E-state index is 13.2. The summed E-state index contributed by atoms with van der Waals surface area (Å²) in [7, 11) is 1.41. The van der Waals surface area contributed by atoms with Gasteiger partial charge in [-0.2, -0.15) is 13.2 Å². The zero-order valence-electron chi connectivity index (χ0n) is 16.7. The van der Waals surface area contributed by atoms with E-state index in [-0.39, 0.29) is 53.2 Å². The van der Waals surface area contributed by atoms with Crippen LogP contribution in [-0.4, -0.2) is 37.4 Å². The Bertz CT molecular complexity index is 1020. The van der Waals surface area contributed by atoms with Crippen LogP contribution in [0, 0.1) is 0 Å². The van der Waals surface area contributed by atoms with E-state index in [0.29, 0.717) is 0 Å². The number of carbonyl (C=O) groups excluding carboxylic acids is 1. The minimum atomic E-state index is -4.64. The van der Waals surface area contributed by atoms with Gasteiger partial charge in [0.25, 0.3) is 0 Å². The normalized spacial score (nSPS) is 15.7. The number of carboxylic acid groups (broad SMARTS) is 1. The molecule has 0 aromatic heterocycles. The number of hydrogen-bond donors (Lipinski definition) is 1. The second-order valence-corrected chi connectivity index (χ2v) is 7.18. The fourth-order valence-electron chi connectivity index (χ4n) is 3.14. The lowest BCUT2D eigenvalue weighted by molar-refractivity contribution is -0.139. The van der Waals surface area contributed by atoms with Crippen molar-refractivity contribution in [3.63, 3.8) is 0 Å². The van der Waals surface area contributed by atoms with Crippen LogP contribution in [0.2, 0.25) is 5.02 Å². The second-order valence-electron chi connectivity index (χ2n) is 6.78. The van der Waals surface area contributed by atoms with Crippen LogP contribution >= 0.6 is 11.6 Å². The smallest absolute Gasteiger partial charge is 0.416 e. The van der Waals surface area contributed by atoms with Gasteiger partial charge in [0.15, 0.2) is 18.3 Å². The van der Waals surface area contributed by atoms with E-state index in [1.165, 1.54) is 19.2 Å². The molecule has 0 saturated heterocycles. The highest BCUT2D eigenvalue weighted by atomic mass is 35.5. The van der Waals surface area contributed by atoms with Gasteiger partial charge in [-0.3, -0.25) is 9.59 Å². The van der Waals surface area contributed by atoms with E-state index in [0.717, 1.165) is 18.2 Å². The van der Waals surface area contributed by atoms with Crippen molar-refractivity contribution >= 4 is 23.4 Å². The van der Waals surface area contributed by atoms with Gasteiger partial charge in [0.2, 0.25) is 0 Å². The number of hydrogen-bond acceptors (Lipinski definition) is 6. The molecule has 1 unspecified atom stereocenters. The quantitative estimate of drug-likeness (QED) is 0.544. The van der Waals surface area contributed by atoms with Crippen LogP contribution in [0.4, 0.5) is 13.2 Å². The van der Waals surface area contributed by atoms with Gasteiger partial charge in [-0.15, -0.1) is 0 Å². The van der Waals surface area contributed by atoms with Gasteiger partial charge in [0.1, 0.15) is 23.2 Å². The van der Waals surface area contributed by atoms with Gasteiger partial charge >= 0.3 is 12.1 Å². The number of ketones is 1. The summed E-state index contributed by atoms with van der Waals surface area (Å²) in [5, 5.41) is 8.90. The van der Waals surface area contributed by atoms with E-state index in [9.17, 15) is 22.8 Å². The number of methoxy groups -OCH3 is 1. The fourth-order valence-corrected chi connectivity index (χ4v) is 3.34. The Labute approximate surface area is 185 Å². The average molecular weight is 475 g/mol. The van der Waals surface area contributed by atoms with Crippen LogP contribution in [0.25, 0.3) is 0 Å². The molecule has 2 aromatic rings. The number of alkyl halides is 3. The molecule has 0 amide bonds. The van der Waals surface area contributed by atoms with E-state index in [2.05, 4.69) is 0 Å². The Balaban J connectivity index is 1.98. The molecule has 1 heterocycles. The first-order valence-corrected chi connectivity index (χ1v) is 9.69. The maximum absolute atomic E-state index is 13.2. The van der Waals surface area contributed by atoms with E-state index in [1.807, 2.05) is 0 Å². The van der Waals surface area contributed by atoms with E-state index in [4.69, 9.17) is 35.7 Å². The van der Waals surface area contributed by atoms with Crippen LogP contribution in [0.15, 0.2) is 30.3 Å². The first-order chi connectivity index (χ1) is 15.1. The number of fused-ring (bicyclic) bond motifs is 1. The van der Waals surface area contributed by atoms with Crippen molar-refractivity contribution < 1.29 is 46.8 Å². The number of aliphatic carboxylic acids is 1. The van der Waals surface area contributed by atoms with Crippen molar-refractivity contribution in [1.82, 2.24) is 0 Å². The molecule has 7 nitrogen and oxygen atoms in total. The van der Waals surface area contributed by atoms with Gasteiger partial charge in [-0.25, -0.2) is 0 Å². The fraction of sp³-hybridized carbons (Fsp3) is 0.333. The topological polar surface area (TPSA) is 91.3 Å². The molecule has 1 atom stereocenters. The minimum Gasteiger partial charge on any atom is -0.493 e. The molecule has 172 valence electrons. The van der Waals surface area contributed by atoms with Crippen molar-refractivity contribution in [2.45, 2.75) is 25.1 Å². The number of carbonyl (C=O) groups is 2. The molecule has 1 aliphatic rings. The molecule has 32 heavy (non-hydrogen) atoms. The lowest BCUT2D eigenvalue weighted by atomic mass is 9.94. The van der Waals surface area contributed by atoms with Gasteiger partial charge in [0.05, 0.1) is 30.0 Å². The third kappa shape index (κ3) is 5.25. The first-order valence-electron chi connectivity index (χ1n) is 9.31. The summed E-state index contributed by atoms with van der Waals surface area (Å²) < 4.78 is 61.0. The van der Waals surface area contributed by atoms with Crippen molar-refractivity contribution in [2.24, 2.45) is 0 Å². The Hall–Kier alpha value is -2.98. The van der Waals surface area contributed by atoms with E-state index in [1.54, 1.807) is 0 Å². The highest BCUT2D eigenvalue weighted by Gasteiger charge is 2.36. The highest BCUT2D eigenvalue weighted by Crippen LogP contribution is 2.46. The summed E-state index contributed by atoms with van der Waals surface area (Å²) in [5.74, 6) is -1.59. The lowest BCUT2D eigenvalue weighted by Crippen LogP contribution is -2.23. The number of ether oxygens (including phenoxy) is 4. The molecule has 0 saturated carbocycles. The molecular formula is C21H18ClF3O7. The lowest BCUT2D eigenvalue weighted by Gasteiger charge is -2.29. The minimum absolute atomic E-state index is 0.0258. The molecule has 3 rings (SSSR count). The van der Waals surface area contributed by atoms with E-state index < -0.39 is 36.0 Å². The highest BCUT2D eigenvalue weighted by molar-refractivity contribution is 6.33. The average Bonchev–Trinajstić information content (AvgIpc) is 2.72. The number of carboxylic acids is 1. The van der Waals surface area contributed by atoms with Crippen molar-refractivity contribution in [3.8, 4) is 17.2 Å². The zero-order valence-corrected chi connectivity index (χ0v) is 17.5. The molecule has 0 bridgehead atoms. The molecule has 0 spiro atoms. The van der Waals surface area contributed by atoms with Crippen LogP contribution in [0.1, 0.15) is 40.4 Å². The van der Waals surface area contributed by atoms with Gasteiger partial charge < -0.3 is 24.1 Å². The standard InChI is InChI=1S/C21H18ClF3O7/c1-29-10-31-15-5-4-13(22)20-19(15)14(26)9-17(32-20)12-3-2-11(21(23,24)25)8-16(12)30-7-6-18(27)28/h2-5,8,17H,6-7,9-10H2,1H3,(H,27,28). The predicted octanol–water partition coefficient (Wildman–Crippen LogP) is 4.90. The van der Waals surface area contributed by atoms with Gasteiger partial charge in [0, 0.05) is 12.7 Å². The monoisotopic (exact) mass is 474 g/mol. The summed E-state index contributed by atoms with van der Waals surface area (Å²) in [5.41, 5.74) is -0.727. The number of Topliss-reactive ketones (excluding diaryl/α,β-unsaturated/α-hetero) is 1. The third-order valence-corrected chi connectivity index (χ3v) is 4.87. The maximum Gasteiger partial charge on any atom is 0.416 e. The number of benzene rings is 2. The Morgan fingerprint density at radius 1 is 1.22 bits per heavy atom. The largest absolute Gasteiger partial charge is 0.493 e. The Morgan fingerprint density at radius 2 is 1.97 bits per heavy atom. The first kappa shape index (κ1) is 23.7. The van der Waals surface area contributed by atoms with Crippen LogP contribution in [0.5, 0.6) is 17.2 Å². The summed E-state index contributed by atoms with van der Waals surface area (Å²) >= 11 is 6.20.